The summed E-state index contributed by atoms with van der Waals surface area (Å²) in [6, 6.07) is 5.99. The van der Waals surface area contributed by atoms with Gasteiger partial charge >= 0.3 is 0 Å². The lowest BCUT2D eigenvalue weighted by Gasteiger charge is -2.22. The average molecular weight is 295 g/mol. The van der Waals surface area contributed by atoms with E-state index in [1.807, 2.05) is 29.3 Å². The number of likely N-dealkylation sites (tertiary alicyclic amines) is 1. The van der Waals surface area contributed by atoms with Crippen molar-refractivity contribution in [3.05, 3.63) is 48.7 Å². The molecule has 2 aromatic heterocycles. The SMILES string of the molecule is O=C(c1cnccn1)N1C[C@@H]2CN(c3ccccn3)C[C@@H]2C1. The molecule has 0 aromatic carbocycles. The normalized spacial score (nSPS) is 23.6. The molecule has 0 radical (unpaired) electrons. The van der Waals surface area contributed by atoms with Gasteiger partial charge in [0.1, 0.15) is 11.5 Å². The largest absolute Gasteiger partial charge is 0.356 e. The first-order chi connectivity index (χ1) is 10.8. The van der Waals surface area contributed by atoms with Gasteiger partial charge in [-0.25, -0.2) is 9.97 Å². The Balaban J connectivity index is 1.43. The maximum absolute atomic E-state index is 12.4. The Morgan fingerprint density at radius 1 is 1.00 bits per heavy atom. The molecule has 1 amide bonds. The van der Waals surface area contributed by atoms with Crippen molar-refractivity contribution in [3.8, 4) is 0 Å². The molecule has 2 aromatic rings. The molecule has 22 heavy (non-hydrogen) atoms. The molecule has 4 rings (SSSR count). The molecule has 0 unspecified atom stereocenters. The van der Waals surface area contributed by atoms with Crippen LogP contribution >= 0.6 is 0 Å². The Morgan fingerprint density at radius 3 is 2.45 bits per heavy atom. The van der Waals surface area contributed by atoms with Gasteiger partial charge in [0.2, 0.25) is 0 Å². The van der Waals surface area contributed by atoms with Crippen LogP contribution in [0, 0.1) is 11.8 Å². The predicted octanol–water partition coefficient (Wildman–Crippen LogP) is 1.08. The number of hydrogen-bond donors (Lipinski definition) is 0. The summed E-state index contributed by atoms with van der Waals surface area (Å²) in [6.07, 6.45) is 6.51. The third-order valence-corrected chi connectivity index (χ3v) is 4.53. The summed E-state index contributed by atoms with van der Waals surface area (Å²) in [4.78, 5) is 29.2. The Bertz CT molecular complexity index is 649. The van der Waals surface area contributed by atoms with Crippen LogP contribution in [0.25, 0.3) is 0 Å². The molecule has 0 bridgehead atoms. The molecule has 2 atom stereocenters. The quantitative estimate of drug-likeness (QED) is 0.829. The highest BCUT2D eigenvalue weighted by Crippen LogP contribution is 2.33. The fourth-order valence-corrected chi connectivity index (χ4v) is 3.46. The second-order valence-corrected chi connectivity index (χ2v) is 5.91. The van der Waals surface area contributed by atoms with Gasteiger partial charge in [0.25, 0.3) is 5.91 Å². The lowest BCUT2D eigenvalue weighted by molar-refractivity contribution is 0.0776. The fraction of sp³-hybridized carbons (Fsp3) is 0.375. The first-order valence-corrected chi connectivity index (χ1v) is 7.52. The minimum Gasteiger partial charge on any atom is -0.356 e. The Labute approximate surface area is 128 Å². The van der Waals surface area contributed by atoms with E-state index in [1.165, 1.54) is 6.20 Å². The Kier molecular flexibility index (Phi) is 3.21. The smallest absolute Gasteiger partial charge is 0.274 e. The second-order valence-electron chi connectivity index (χ2n) is 5.91. The van der Waals surface area contributed by atoms with Crippen LogP contribution in [0.2, 0.25) is 0 Å². The zero-order valence-electron chi connectivity index (χ0n) is 12.2. The van der Waals surface area contributed by atoms with Crippen molar-refractivity contribution in [2.45, 2.75) is 0 Å². The molecule has 4 heterocycles. The van der Waals surface area contributed by atoms with E-state index in [-0.39, 0.29) is 5.91 Å². The maximum Gasteiger partial charge on any atom is 0.274 e. The number of aromatic nitrogens is 3. The van der Waals surface area contributed by atoms with Gasteiger partial charge < -0.3 is 9.80 Å². The first-order valence-electron chi connectivity index (χ1n) is 7.52. The summed E-state index contributed by atoms with van der Waals surface area (Å²) in [5.74, 6) is 2.06. The third kappa shape index (κ3) is 2.30. The molecular weight excluding hydrogens is 278 g/mol. The van der Waals surface area contributed by atoms with Crippen LogP contribution in [0.15, 0.2) is 43.0 Å². The maximum atomic E-state index is 12.4. The number of pyridine rings is 1. The van der Waals surface area contributed by atoms with Crippen molar-refractivity contribution in [2.75, 3.05) is 31.1 Å². The second kappa shape index (κ2) is 5.36. The first kappa shape index (κ1) is 13.2. The molecule has 0 aliphatic carbocycles. The van der Waals surface area contributed by atoms with Gasteiger partial charge in [-0.05, 0) is 12.1 Å². The molecule has 6 nitrogen and oxygen atoms in total. The minimum atomic E-state index is -0.00751. The summed E-state index contributed by atoms with van der Waals surface area (Å²) in [7, 11) is 0. The average Bonchev–Trinajstić information content (AvgIpc) is 3.15. The van der Waals surface area contributed by atoms with E-state index in [1.54, 1.807) is 12.4 Å². The van der Waals surface area contributed by atoms with Gasteiger partial charge in [-0.1, -0.05) is 6.07 Å². The topological polar surface area (TPSA) is 62.2 Å². The number of hydrogen-bond acceptors (Lipinski definition) is 5. The van der Waals surface area contributed by atoms with Crippen molar-refractivity contribution >= 4 is 11.7 Å². The molecule has 0 spiro atoms. The minimum absolute atomic E-state index is 0.00751. The third-order valence-electron chi connectivity index (χ3n) is 4.53. The summed E-state index contributed by atoms with van der Waals surface area (Å²) in [5, 5.41) is 0. The molecule has 2 saturated heterocycles. The summed E-state index contributed by atoms with van der Waals surface area (Å²) < 4.78 is 0. The van der Waals surface area contributed by atoms with Crippen LogP contribution in [0.1, 0.15) is 10.5 Å². The van der Waals surface area contributed by atoms with Crippen molar-refractivity contribution in [1.82, 2.24) is 19.9 Å². The highest BCUT2D eigenvalue weighted by molar-refractivity contribution is 5.92. The molecule has 2 aliphatic rings. The van der Waals surface area contributed by atoms with Crippen LogP contribution in [-0.2, 0) is 0 Å². The van der Waals surface area contributed by atoms with Crippen LogP contribution in [0.4, 0.5) is 5.82 Å². The fourth-order valence-electron chi connectivity index (χ4n) is 3.46. The number of nitrogens with zero attached hydrogens (tertiary/aromatic N) is 5. The van der Waals surface area contributed by atoms with Crippen LogP contribution in [0.3, 0.4) is 0 Å². The molecule has 112 valence electrons. The summed E-state index contributed by atoms with van der Waals surface area (Å²) in [6.45, 7) is 3.52. The van der Waals surface area contributed by atoms with E-state index in [2.05, 4.69) is 19.9 Å². The van der Waals surface area contributed by atoms with Gasteiger partial charge in [0.15, 0.2) is 0 Å². The van der Waals surface area contributed by atoms with Gasteiger partial charge in [0, 0.05) is 56.6 Å². The molecule has 6 heteroatoms. The van der Waals surface area contributed by atoms with Gasteiger partial charge in [-0.15, -0.1) is 0 Å². The van der Waals surface area contributed by atoms with Crippen molar-refractivity contribution < 1.29 is 4.79 Å². The summed E-state index contributed by atoms with van der Waals surface area (Å²) >= 11 is 0. The Hall–Kier alpha value is -2.50. The highest BCUT2D eigenvalue weighted by Gasteiger charge is 2.42. The van der Waals surface area contributed by atoms with Gasteiger partial charge in [-0.2, -0.15) is 0 Å². The van der Waals surface area contributed by atoms with Gasteiger partial charge in [-0.3, -0.25) is 9.78 Å². The van der Waals surface area contributed by atoms with Crippen LogP contribution < -0.4 is 4.90 Å². The number of anilines is 1. The van der Waals surface area contributed by atoms with E-state index >= 15 is 0 Å². The predicted molar refractivity (Wildman–Crippen MR) is 81.4 cm³/mol. The lowest BCUT2D eigenvalue weighted by atomic mass is 10.0. The molecule has 2 fully saturated rings. The zero-order valence-corrected chi connectivity index (χ0v) is 12.2. The van der Waals surface area contributed by atoms with E-state index in [4.69, 9.17) is 0 Å². The van der Waals surface area contributed by atoms with Crippen LogP contribution in [0.5, 0.6) is 0 Å². The van der Waals surface area contributed by atoms with E-state index in [0.717, 1.165) is 32.0 Å². The number of amides is 1. The summed E-state index contributed by atoms with van der Waals surface area (Å²) in [5.41, 5.74) is 0.434. The molecular formula is C16H17N5O. The highest BCUT2D eigenvalue weighted by atomic mass is 16.2. The molecule has 0 N–H and O–H groups in total. The van der Waals surface area contributed by atoms with Crippen molar-refractivity contribution in [2.24, 2.45) is 11.8 Å². The monoisotopic (exact) mass is 295 g/mol. The zero-order chi connectivity index (χ0) is 14.9. The Morgan fingerprint density at radius 2 is 1.82 bits per heavy atom. The van der Waals surface area contributed by atoms with E-state index in [9.17, 15) is 4.79 Å². The molecule has 0 saturated carbocycles. The van der Waals surface area contributed by atoms with Crippen molar-refractivity contribution in [1.29, 1.82) is 0 Å². The van der Waals surface area contributed by atoms with E-state index < -0.39 is 0 Å². The number of fused-ring (bicyclic) bond motifs is 1. The lowest BCUT2D eigenvalue weighted by Crippen LogP contribution is -2.33. The number of carbonyl (C=O) groups excluding carboxylic acids is 1. The van der Waals surface area contributed by atoms with Gasteiger partial charge in [0.05, 0.1) is 6.20 Å². The van der Waals surface area contributed by atoms with Crippen LogP contribution in [-0.4, -0.2) is 51.9 Å². The molecule has 2 aliphatic heterocycles. The standard InChI is InChI=1S/C16H17N5O/c22-16(14-7-17-5-6-18-14)21-10-12-8-20(9-13(12)11-21)15-3-1-2-4-19-15/h1-7,12-13H,8-11H2/t12-,13+. The number of rotatable bonds is 2. The van der Waals surface area contributed by atoms with Crippen molar-refractivity contribution in [3.63, 3.8) is 0 Å². The van der Waals surface area contributed by atoms with E-state index in [0.29, 0.717) is 17.5 Å². The number of carbonyl (C=O) groups is 1.